The molecule has 0 atom stereocenters. The maximum atomic E-state index is 12.3. The van der Waals surface area contributed by atoms with Gasteiger partial charge in [0.25, 0.3) is 6.43 Å². The van der Waals surface area contributed by atoms with Gasteiger partial charge in [-0.05, 0) is 18.6 Å². The first-order valence-electron chi connectivity index (χ1n) is 4.19. The Balaban J connectivity index is 3.38. The molecule has 0 saturated heterocycles. The number of halogens is 2. The van der Waals surface area contributed by atoms with Crippen molar-refractivity contribution >= 4 is 5.97 Å². The number of carboxylic acids is 1. The fraction of sp³-hybridized carbons (Fsp3) is 0.333. The Morgan fingerprint density at radius 3 is 2.67 bits per heavy atom. The van der Waals surface area contributed by atoms with E-state index in [1.165, 1.54) is 6.92 Å². The third kappa shape index (κ3) is 2.27. The van der Waals surface area contributed by atoms with Gasteiger partial charge in [-0.2, -0.15) is 0 Å². The van der Waals surface area contributed by atoms with Crippen molar-refractivity contribution in [3.05, 3.63) is 28.6 Å². The topological polar surface area (TPSA) is 76.2 Å². The number of carboxylic acid groups (broad SMARTS) is 1. The van der Waals surface area contributed by atoms with Crippen molar-refractivity contribution in [2.75, 3.05) is 0 Å². The Hall–Kier alpha value is -1.56. The van der Waals surface area contributed by atoms with E-state index < -0.39 is 23.8 Å². The summed E-state index contributed by atoms with van der Waals surface area (Å²) in [4.78, 5) is 14.1. The monoisotopic (exact) mass is 216 g/mol. The molecule has 6 heteroatoms. The normalized spacial score (nSPS) is 10.7. The van der Waals surface area contributed by atoms with Crippen molar-refractivity contribution in [3.8, 4) is 0 Å². The molecule has 15 heavy (non-hydrogen) atoms. The number of carbonyl (C=O) groups is 1. The highest BCUT2D eigenvalue weighted by atomic mass is 19.3. The zero-order valence-electron chi connectivity index (χ0n) is 8.00. The predicted octanol–water partition coefficient (Wildman–Crippen LogP) is 1.48. The lowest BCUT2D eigenvalue weighted by atomic mass is 10.1. The summed E-state index contributed by atoms with van der Waals surface area (Å²) in [5.41, 5.74) is 5.09. The van der Waals surface area contributed by atoms with E-state index in [1.807, 2.05) is 0 Å². The molecule has 0 radical (unpaired) electrons. The van der Waals surface area contributed by atoms with Gasteiger partial charge in [0.15, 0.2) is 5.69 Å². The average molecular weight is 216 g/mol. The molecular formula is C9H10F2N2O2. The molecular weight excluding hydrogens is 206 g/mol. The maximum Gasteiger partial charge on any atom is 0.354 e. The van der Waals surface area contributed by atoms with Crippen LogP contribution in [-0.2, 0) is 6.54 Å². The lowest BCUT2D eigenvalue weighted by Gasteiger charge is -2.09. The Labute approximate surface area is 84.7 Å². The molecule has 0 aromatic carbocycles. The van der Waals surface area contributed by atoms with E-state index in [0.29, 0.717) is 5.56 Å². The summed E-state index contributed by atoms with van der Waals surface area (Å²) in [5, 5.41) is 8.76. The zero-order valence-corrected chi connectivity index (χ0v) is 8.00. The third-order valence-electron chi connectivity index (χ3n) is 2.00. The largest absolute Gasteiger partial charge is 0.477 e. The fourth-order valence-corrected chi connectivity index (χ4v) is 1.27. The summed E-state index contributed by atoms with van der Waals surface area (Å²) in [6.07, 6.45) is -2.78. The zero-order chi connectivity index (χ0) is 11.6. The minimum Gasteiger partial charge on any atom is -0.477 e. The first-order valence-corrected chi connectivity index (χ1v) is 4.19. The molecule has 3 N–H and O–H groups in total. The minimum absolute atomic E-state index is 0.0377. The van der Waals surface area contributed by atoms with Crippen LogP contribution in [0.2, 0.25) is 0 Å². The minimum atomic E-state index is -2.78. The van der Waals surface area contributed by atoms with Gasteiger partial charge in [0.2, 0.25) is 0 Å². The van der Waals surface area contributed by atoms with Crippen LogP contribution in [0.4, 0.5) is 8.78 Å². The van der Waals surface area contributed by atoms with Crippen LogP contribution >= 0.6 is 0 Å². The molecule has 82 valence electrons. The van der Waals surface area contributed by atoms with Crippen molar-refractivity contribution < 1.29 is 18.7 Å². The number of hydrogen-bond acceptors (Lipinski definition) is 3. The van der Waals surface area contributed by atoms with E-state index in [-0.39, 0.29) is 12.1 Å². The second kappa shape index (κ2) is 4.31. The van der Waals surface area contributed by atoms with Crippen LogP contribution in [0.25, 0.3) is 0 Å². The lowest BCUT2D eigenvalue weighted by molar-refractivity contribution is 0.0687. The Kier molecular flexibility index (Phi) is 3.31. The maximum absolute atomic E-state index is 12.3. The van der Waals surface area contributed by atoms with Crippen LogP contribution in [0.3, 0.4) is 0 Å². The van der Waals surface area contributed by atoms with E-state index in [4.69, 9.17) is 10.8 Å². The molecule has 0 aliphatic rings. The molecule has 0 aliphatic heterocycles. The summed E-state index contributed by atoms with van der Waals surface area (Å²) < 4.78 is 24.7. The van der Waals surface area contributed by atoms with Crippen molar-refractivity contribution in [3.63, 3.8) is 0 Å². The number of aryl methyl sites for hydroxylation is 1. The molecule has 1 rings (SSSR count). The lowest BCUT2D eigenvalue weighted by Crippen LogP contribution is -2.13. The number of hydrogen-bond donors (Lipinski definition) is 2. The number of pyridine rings is 1. The Bertz CT molecular complexity index is 394. The van der Waals surface area contributed by atoms with Crippen LogP contribution in [0.5, 0.6) is 0 Å². The SMILES string of the molecule is Cc1cc(C(F)F)nc(C(=O)O)c1CN. The molecule has 1 aromatic heterocycles. The van der Waals surface area contributed by atoms with Gasteiger partial charge in [-0.3, -0.25) is 0 Å². The van der Waals surface area contributed by atoms with E-state index in [9.17, 15) is 13.6 Å². The van der Waals surface area contributed by atoms with Crippen LogP contribution in [0, 0.1) is 6.92 Å². The van der Waals surface area contributed by atoms with Gasteiger partial charge in [-0.25, -0.2) is 18.6 Å². The number of nitrogens with two attached hydrogens (primary N) is 1. The highest BCUT2D eigenvalue weighted by molar-refractivity contribution is 5.87. The van der Waals surface area contributed by atoms with Gasteiger partial charge >= 0.3 is 5.97 Å². The summed E-state index contributed by atoms with van der Waals surface area (Å²) in [6.45, 7) is 1.49. The number of rotatable bonds is 3. The van der Waals surface area contributed by atoms with Crippen LogP contribution in [0.15, 0.2) is 6.07 Å². The number of alkyl halides is 2. The van der Waals surface area contributed by atoms with Gasteiger partial charge in [-0.1, -0.05) is 0 Å². The molecule has 0 fully saturated rings. The van der Waals surface area contributed by atoms with Gasteiger partial charge in [0.05, 0.1) is 0 Å². The average Bonchev–Trinajstić information content (AvgIpc) is 2.16. The fourth-order valence-electron chi connectivity index (χ4n) is 1.27. The molecule has 0 aliphatic carbocycles. The quantitative estimate of drug-likeness (QED) is 0.802. The summed E-state index contributed by atoms with van der Waals surface area (Å²) in [5.74, 6) is -1.35. The number of aromatic carboxylic acids is 1. The highest BCUT2D eigenvalue weighted by Crippen LogP contribution is 2.21. The standard InChI is InChI=1S/C9H10F2N2O2/c1-4-2-6(8(10)11)13-7(9(14)15)5(4)3-12/h2,8H,3,12H2,1H3,(H,14,15). The van der Waals surface area contributed by atoms with E-state index in [0.717, 1.165) is 6.07 Å². The van der Waals surface area contributed by atoms with Crippen LogP contribution in [0.1, 0.15) is 33.7 Å². The van der Waals surface area contributed by atoms with Gasteiger partial charge in [-0.15, -0.1) is 0 Å². The van der Waals surface area contributed by atoms with Crippen LogP contribution < -0.4 is 5.73 Å². The summed E-state index contributed by atoms with van der Waals surface area (Å²) >= 11 is 0. The molecule has 4 nitrogen and oxygen atoms in total. The van der Waals surface area contributed by atoms with E-state index in [2.05, 4.69) is 4.98 Å². The van der Waals surface area contributed by atoms with Gasteiger partial charge in [0.1, 0.15) is 5.69 Å². The molecule has 0 amide bonds. The van der Waals surface area contributed by atoms with Crippen molar-refractivity contribution in [1.82, 2.24) is 4.98 Å². The first-order chi connectivity index (χ1) is 6.97. The van der Waals surface area contributed by atoms with Gasteiger partial charge < -0.3 is 10.8 Å². The predicted molar refractivity (Wildman–Crippen MR) is 48.8 cm³/mol. The second-order valence-electron chi connectivity index (χ2n) is 3.00. The molecule has 0 bridgehead atoms. The third-order valence-corrected chi connectivity index (χ3v) is 2.00. The van der Waals surface area contributed by atoms with Gasteiger partial charge in [0, 0.05) is 12.1 Å². The second-order valence-corrected chi connectivity index (χ2v) is 3.00. The highest BCUT2D eigenvalue weighted by Gasteiger charge is 2.18. The molecule has 1 aromatic rings. The first kappa shape index (κ1) is 11.5. The van der Waals surface area contributed by atoms with E-state index >= 15 is 0 Å². The molecule has 1 heterocycles. The smallest absolute Gasteiger partial charge is 0.354 e. The number of aromatic nitrogens is 1. The summed E-state index contributed by atoms with van der Waals surface area (Å²) in [7, 11) is 0. The van der Waals surface area contributed by atoms with Crippen molar-refractivity contribution in [1.29, 1.82) is 0 Å². The van der Waals surface area contributed by atoms with Crippen LogP contribution in [-0.4, -0.2) is 16.1 Å². The molecule has 0 spiro atoms. The number of nitrogens with zero attached hydrogens (tertiary/aromatic N) is 1. The Morgan fingerprint density at radius 2 is 2.27 bits per heavy atom. The summed E-state index contributed by atoms with van der Waals surface area (Å²) in [6, 6.07) is 1.15. The van der Waals surface area contributed by atoms with E-state index in [1.54, 1.807) is 0 Å². The Morgan fingerprint density at radius 1 is 1.67 bits per heavy atom. The van der Waals surface area contributed by atoms with Crippen molar-refractivity contribution in [2.24, 2.45) is 5.73 Å². The molecule has 0 saturated carbocycles. The molecule has 0 unspecified atom stereocenters. The van der Waals surface area contributed by atoms with Crippen molar-refractivity contribution in [2.45, 2.75) is 19.9 Å².